The molecule has 2 nitrogen and oxygen atoms in total. The number of benzene rings is 8. The Labute approximate surface area is 285 Å². The van der Waals surface area contributed by atoms with Gasteiger partial charge < -0.3 is 9.32 Å². The van der Waals surface area contributed by atoms with Crippen molar-refractivity contribution in [2.75, 3.05) is 4.90 Å². The second-order valence-corrected chi connectivity index (χ2v) is 13.7. The topological polar surface area (TPSA) is 16.4 Å². The van der Waals surface area contributed by atoms with Crippen LogP contribution in [-0.4, -0.2) is 0 Å². The summed E-state index contributed by atoms with van der Waals surface area (Å²) in [6, 6.07) is 59.4. The minimum atomic E-state index is -0.159. The summed E-state index contributed by atoms with van der Waals surface area (Å²) in [4.78, 5) is 2.43. The zero-order valence-electron chi connectivity index (χ0n) is 27.4. The van der Waals surface area contributed by atoms with Gasteiger partial charge in [-0.15, -0.1) is 0 Å². The predicted molar refractivity (Wildman–Crippen MR) is 206 cm³/mol. The van der Waals surface area contributed by atoms with Crippen molar-refractivity contribution in [1.82, 2.24) is 0 Å². The van der Waals surface area contributed by atoms with E-state index in [0.717, 1.165) is 33.3 Å². The number of hydrogen-bond acceptors (Lipinski definition) is 2. The highest BCUT2D eigenvalue weighted by atomic mass is 16.3. The fraction of sp³-hybridized carbons (Fsp3) is 0.0638. The lowest BCUT2D eigenvalue weighted by Gasteiger charge is -2.30. The summed E-state index contributed by atoms with van der Waals surface area (Å²) in [5.41, 5.74) is 12.7. The molecule has 0 N–H and O–H groups in total. The standard InChI is InChI=1S/C47H33NO/c1-47(2)41-20-9-7-18-40(41)45-42(28-32-13-4-6-16-37(32)46(45)47)48(34-26-27-39-38-17-8-10-21-43(38)49-44(39)29-34)33-24-22-31(23-25-33)36-19-11-14-30-12-3-5-15-35(30)36/h3-29H,1-2H3. The molecule has 0 aliphatic heterocycles. The maximum atomic E-state index is 6.46. The van der Waals surface area contributed by atoms with E-state index in [-0.39, 0.29) is 5.41 Å². The number of anilines is 3. The van der Waals surface area contributed by atoms with Crippen LogP contribution in [0.1, 0.15) is 25.0 Å². The second-order valence-electron chi connectivity index (χ2n) is 13.7. The van der Waals surface area contributed by atoms with E-state index >= 15 is 0 Å². The smallest absolute Gasteiger partial charge is 0.137 e. The lowest BCUT2D eigenvalue weighted by Crippen LogP contribution is -2.16. The van der Waals surface area contributed by atoms with Crippen LogP contribution in [0.3, 0.4) is 0 Å². The molecule has 9 aromatic rings. The van der Waals surface area contributed by atoms with Crippen molar-refractivity contribution in [3.63, 3.8) is 0 Å². The van der Waals surface area contributed by atoms with Crippen molar-refractivity contribution in [2.24, 2.45) is 0 Å². The lowest BCUT2D eigenvalue weighted by atomic mass is 9.80. The fourth-order valence-corrected chi connectivity index (χ4v) is 8.36. The Morgan fingerprint density at radius 1 is 0.469 bits per heavy atom. The molecule has 2 heteroatoms. The zero-order valence-corrected chi connectivity index (χ0v) is 27.4. The van der Waals surface area contributed by atoms with Crippen LogP contribution in [0, 0.1) is 0 Å². The molecule has 0 saturated carbocycles. The third-order valence-electron chi connectivity index (χ3n) is 10.6. The van der Waals surface area contributed by atoms with Gasteiger partial charge in [0.2, 0.25) is 0 Å². The summed E-state index contributed by atoms with van der Waals surface area (Å²) in [6.07, 6.45) is 0. The number of hydrogen-bond donors (Lipinski definition) is 0. The third kappa shape index (κ3) is 4.14. The van der Waals surface area contributed by atoms with Gasteiger partial charge in [-0.2, -0.15) is 0 Å². The van der Waals surface area contributed by atoms with Gasteiger partial charge in [0.1, 0.15) is 11.2 Å². The van der Waals surface area contributed by atoms with Crippen LogP contribution < -0.4 is 4.90 Å². The van der Waals surface area contributed by atoms with Gasteiger partial charge in [0.15, 0.2) is 0 Å². The molecule has 0 unspecified atom stereocenters. The first-order valence-electron chi connectivity index (χ1n) is 17.0. The molecule has 1 aromatic heterocycles. The first-order valence-corrected chi connectivity index (χ1v) is 17.0. The number of furan rings is 1. The van der Waals surface area contributed by atoms with E-state index in [9.17, 15) is 0 Å². The van der Waals surface area contributed by atoms with E-state index < -0.39 is 0 Å². The van der Waals surface area contributed by atoms with Crippen LogP contribution in [0.2, 0.25) is 0 Å². The van der Waals surface area contributed by atoms with Crippen molar-refractivity contribution in [3.05, 3.63) is 175 Å². The van der Waals surface area contributed by atoms with E-state index in [1.165, 1.54) is 60.6 Å². The van der Waals surface area contributed by atoms with Crippen molar-refractivity contribution in [1.29, 1.82) is 0 Å². The molecule has 0 atom stereocenters. The van der Waals surface area contributed by atoms with Gasteiger partial charge in [-0.1, -0.05) is 135 Å². The zero-order chi connectivity index (χ0) is 32.7. The predicted octanol–water partition coefficient (Wildman–Crippen LogP) is 13.3. The molecule has 0 bridgehead atoms. The van der Waals surface area contributed by atoms with E-state index in [1.807, 2.05) is 12.1 Å². The highest BCUT2D eigenvalue weighted by molar-refractivity contribution is 6.09. The van der Waals surface area contributed by atoms with Gasteiger partial charge in [0.05, 0.1) is 5.69 Å². The summed E-state index contributed by atoms with van der Waals surface area (Å²) in [7, 11) is 0. The Morgan fingerprint density at radius 2 is 1.10 bits per heavy atom. The molecule has 1 aliphatic rings. The minimum Gasteiger partial charge on any atom is -0.456 e. The molecule has 49 heavy (non-hydrogen) atoms. The van der Waals surface area contributed by atoms with Crippen molar-refractivity contribution in [3.8, 4) is 22.3 Å². The van der Waals surface area contributed by atoms with Crippen LogP contribution in [0.25, 0.3) is 65.7 Å². The van der Waals surface area contributed by atoms with Crippen LogP contribution in [0.5, 0.6) is 0 Å². The molecule has 232 valence electrons. The van der Waals surface area contributed by atoms with E-state index in [4.69, 9.17) is 4.42 Å². The van der Waals surface area contributed by atoms with Gasteiger partial charge in [0, 0.05) is 39.2 Å². The van der Waals surface area contributed by atoms with Crippen LogP contribution in [0.15, 0.2) is 168 Å². The monoisotopic (exact) mass is 627 g/mol. The average Bonchev–Trinajstić information content (AvgIpc) is 3.64. The third-order valence-corrected chi connectivity index (χ3v) is 10.6. The Balaban J connectivity index is 1.25. The summed E-state index contributed by atoms with van der Waals surface area (Å²) in [5.74, 6) is 0. The molecule has 0 amide bonds. The van der Waals surface area contributed by atoms with Crippen LogP contribution in [0.4, 0.5) is 17.1 Å². The van der Waals surface area contributed by atoms with Gasteiger partial charge in [0.25, 0.3) is 0 Å². The molecule has 8 aromatic carbocycles. The van der Waals surface area contributed by atoms with E-state index in [1.54, 1.807) is 0 Å². The molecule has 0 fully saturated rings. The lowest BCUT2D eigenvalue weighted by molar-refractivity contribution is 0.666. The Hall–Kier alpha value is -6.12. The molecular weight excluding hydrogens is 595 g/mol. The molecule has 10 rings (SSSR count). The van der Waals surface area contributed by atoms with Gasteiger partial charge in [-0.05, 0) is 85.8 Å². The van der Waals surface area contributed by atoms with E-state index in [2.05, 4.69) is 170 Å². The first-order chi connectivity index (χ1) is 24.1. The van der Waals surface area contributed by atoms with Crippen LogP contribution in [-0.2, 0) is 5.41 Å². The Bertz CT molecular complexity index is 2740. The summed E-state index contributed by atoms with van der Waals surface area (Å²) in [5, 5.41) is 7.31. The van der Waals surface area contributed by atoms with Crippen molar-refractivity contribution < 1.29 is 4.42 Å². The fourth-order valence-electron chi connectivity index (χ4n) is 8.36. The van der Waals surface area contributed by atoms with Crippen molar-refractivity contribution >= 4 is 60.5 Å². The highest BCUT2D eigenvalue weighted by Crippen LogP contribution is 2.57. The maximum Gasteiger partial charge on any atom is 0.137 e. The summed E-state index contributed by atoms with van der Waals surface area (Å²) < 4.78 is 6.46. The molecule has 0 radical (unpaired) electrons. The molecule has 1 aliphatic carbocycles. The molecule has 0 saturated heterocycles. The number of fused-ring (bicyclic) bond motifs is 9. The van der Waals surface area contributed by atoms with Crippen LogP contribution >= 0.6 is 0 Å². The van der Waals surface area contributed by atoms with Gasteiger partial charge >= 0.3 is 0 Å². The molecule has 0 spiro atoms. The molecule has 1 heterocycles. The van der Waals surface area contributed by atoms with E-state index in [0.29, 0.717) is 0 Å². The molecular formula is C47H33NO. The highest BCUT2D eigenvalue weighted by Gasteiger charge is 2.39. The first kappa shape index (κ1) is 27.9. The average molecular weight is 628 g/mol. The van der Waals surface area contributed by atoms with Crippen molar-refractivity contribution in [2.45, 2.75) is 19.3 Å². The summed E-state index contributed by atoms with van der Waals surface area (Å²) >= 11 is 0. The number of rotatable bonds is 4. The second kappa shape index (κ2) is 10.4. The number of nitrogens with zero attached hydrogens (tertiary/aromatic N) is 1. The van der Waals surface area contributed by atoms with Gasteiger partial charge in [-0.25, -0.2) is 0 Å². The minimum absolute atomic E-state index is 0.159. The summed E-state index contributed by atoms with van der Waals surface area (Å²) in [6.45, 7) is 4.75. The normalized spacial score (nSPS) is 13.3. The quantitative estimate of drug-likeness (QED) is 0.193. The maximum absolute atomic E-state index is 6.46. The Kier molecular flexibility index (Phi) is 5.95. The SMILES string of the molecule is CC1(C)c2ccccc2-c2c(N(c3ccc(-c4cccc5ccccc45)cc3)c3ccc4c(c3)oc3ccccc34)cc3ccccc3c21. The number of para-hydroxylation sites is 1. The van der Waals surface area contributed by atoms with Gasteiger partial charge in [-0.3, -0.25) is 0 Å². The largest absolute Gasteiger partial charge is 0.456 e. The Morgan fingerprint density at radius 3 is 1.96 bits per heavy atom.